The van der Waals surface area contributed by atoms with E-state index in [0.29, 0.717) is 17.9 Å². The van der Waals surface area contributed by atoms with Gasteiger partial charge in [-0.05, 0) is 91.4 Å². The number of carbonyl (C=O) groups excluding carboxylic acids is 1. The van der Waals surface area contributed by atoms with Crippen LogP contribution in [0.5, 0.6) is 0 Å². The molecule has 1 amide bonds. The Bertz CT molecular complexity index is 1970. The number of carboxylic acids is 1. The largest absolute Gasteiger partial charge is 0.478 e. The molecule has 0 aliphatic carbocycles. The monoisotopic (exact) mass is 672 g/mol. The third kappa shape index (κ3) is 7.95. The molecule has 1 unspecified atom stereocenters. The van der Waals surface area contributed by atoms with Crippen molar-refractivity contribution in [2.24, 2.45) is 0 Å². The smallest absolute Gasteiger partial charge is 0.336 e. The van der Waals surface area contributed by atoms with Crippen molar-refractivity contribution in [3.63, 3.8) is 0 Å². The zero-order valence-corrected chi connectivity index (χ0v) is 27.4. The van der Waals surface area contributed by atoms with Gasteiger partial charge < -0.3 is 15.5 Å². The molecule has 0 radical (unpaired) electrons. The molecule has 46 heavy (non-hydrogen) atoms. The first-order valence-corrected chi connectivity index (χ1v) is 15.7. The SMILES string of the molecule is CC(C)(O)c1ccccc1CCC(NC(=O)c1cc(Cl)c(Cl)cc1C(=O)O)c1cccc(C=Cc2ccc3ccc(Cl)cc3n2)c1. The van der Waals surface area contributed by atoms with E-state index < -0.39 is 23.5 Å². The highest BCUT2D eigenvalue weighted by Gasteiger charge is 2.24. The topological polar surface area (TPSA) is 99.5 Å². The van der Waals surface area contributed by atoms with Crippen LogP contribution in [0.25, 0.3) is 23.1 Å². The molecule has 0 aliphatic rings. The molecule has 0 saturated carbocycles. The van der Waals surface area contributed by atoms with Crippen LogP contribution >= 0.6 is 34.8 Å². The van der Waals surface area contributed by atoms with Crippen LogP contribution in [0.3, 0.4) is 0 Å². The minimum Gasteiger partial charge on any atom is -0.478 e. The van der Waals surface area contributed by atoms with Crippen LogP contribution in [0.1, 0.15) is 75.0 Å². The molecule has 5 rings (SSSR count). The molecule has 4 aromatic carbocycles. The number of aryl methyl sites for hydroxylation is 1. The second-order valence-electron chi connectivity index (χ2n) is 11.5. The van der Waals surface area contributed by atoms with Gasteiger partial charge >= 0.3 is 5.97 Å². The third-order valence-corrected chi connectivity index (χ3v) is 8.61. The number of hydrogen-bond acceptors (Lipinski definition) is 4. The molecule has 6 nitrogen and oxygen atoms in total. The highest BCUT2D eigenvalue weighted by molar-refractivity contribution is 6.42. The van der Waals surface area contributed by atoms with Crippen molar-refractivity contribution in [1.29, 1.82) is 0 Å². The number of nitrogens with one attached hydrogen (secondary N) is 1. The lowest BCUT2D eigenvalue weighted by atomic mass is 9.89. The minimum atomic E-state index is -1.30. The molecule has 9 heteroatoms. The maximum atomic E-state index is 13.6. The second kappa shape index (κ2) is 14.1. The molecule has 0 spiro atoms. The predicted molar refractivity (Wildman–Crippen MR) is 186 cm³/mol. The van der Waals surface area contributed by atoms with Crippen molar-refractivity contribution in [2.45, 2.75) is 38.3 Å². The molecule has 0 saturated heterocycles. The standard InChI is InChI=1S/C37H31Cl3N2O4/c1-37(2,46)30-9-4-3-7-23(30)13-17-33(42-35(43)28-20-31(39)32(40)21-29(28)36(44)45)25-8-5-6-22(18-25)10-15-27-16-12-24-11-14-26(38)19-34(24)41-27/h3-12,14-16,18-21,33,46H,13,17H2,1-2H3,(H,42,43)(H,44,45). The van der Waals surface area contributed by atoms with Crippen LogP contribution in [0.2, 0.25) is 15.1 Å². The lowest BCUT2D eigenvalue weighted by Crippen LogP contribution is -2.30. The summed E-state index contributed by atoms with van der Waals surface area (Å²) in [5, 5.41) is 25.3. The number of carboxylic acid groups (broad SMARTS) is 1. The number of benzene rings is 4. The summed E-state index contributed by atoms with van der Waals surface area (Å²) in [4.78, 5) is 30.3. The van der Waals surface area contributed by atoms with Crippen LogP contribution in [-0.2, 0) is 12.0 Å². The summed E-state index contributed by atoms with van der Waals surface area (Å²) < 4.78 is 0. The number of aliphatic hydroxyl groups is 1. The summed E-state index contributed by atoms with van der Waals surface area (Å²) >= 11 is 18.4. The molecule has 1 atom stereocenters. The number of aromatic nitrogens is 1. The van der Waals surface area contributed by atoms with Gasteiger partial charge in [0.15, 0.2) is 0 Å². The van der Waals surface area contributed by atoms with Crippen LogP contribution in [0.15, 0.2) is 91.0 Å². The molecular weight excluding hydrogens is 643 g/mol. The number of halogens is 3. The first kappa shape index (κ1) is 33.2. The first-order chi connectivity index (χ1) is 21.9. The molecule has 0 fully saturated rings. The average Bonchev–Trinajstić information content (AvgIpc) is 3.02. The normalized spacial score (nSPS) is 12.4. The van der Waals surface area contributed by atoms with E-state index in [1.165, 1.54) is 12.1 Å². The Hall–Kier alpha value is -4.20. The molecule has 1 heterocycles. The zero-order chi connectivity index (χ0) is 33.0. The van der Waals surface area contributed by atoms with Gasteiger partial charge in [0.2, 0.25) is 0 Å². The highest BCUT2D eigenvalue weighted by Crippen LogP contribution is 2.30. The average molecular weight is 674 g/mol. The van der Waals surface area contributed by atoms with Gasteiger partial charge in [-0.25, -0.2) is 9.78 Å². The molecule has 3 N–H and O–H groups in total. The van der Waals surface area contributed by atoms with Crippen LogP contribution in [-0.4, -0.2) is 27.1 Å². The fourth-order valence-electron chi connectivity index (χ4n) is 5.36. The van der Waals surface area contributed by atoms with Crippen molar-refractivity contribution in [3.05, 3.63) is 145 Å². The van der Waals surface area contributed by atoms with Gasteiger partial charge in [-0.1, -0.05) is 95.5 Å². The summed E-state index contributed by atoms with van der Waals surface area (Å²) in [5.74, 6) is -1.90. The predicted octanol–water partition coefficient (Wildman–Crippen LogP) is 9.39. The third-order valence-electron chi connectivity index (χ3n) is 7.65. The van der Waals surface area contributed by atoms with E-state index in [-0.39, 0.29) is 21.2 Å². The number of aromatic carboxylic acids is 1. The van der Waals surface area contributed by atoms with E-state index in [0.717, 1.165) is 38.9 Å². The maximum Gasteiger partial charge on any atom is 0.336 e. The summed E-state index contributed by atoms with van der Waals surface area (Å²) in [5.41, 5.74) is 3.57. The van der Waals surface area contributed by atoms with Crippen molar-refractivity contribution < 1.29 is 19.8 Å². The molecule has 0 aliphatic heterocycles. The van der Waals surface area contributed by atoms with E-state index in [9.17, 15) is 19.8 Å². The summed E-state index contributed by atoms with van der Waals surface area (Å²) in [6.07, 6.45) is 4.83. The van der Waals surface area contributed by atoms with E-state index >= 15 is 0 Å². The number of amides is 1. The lowest BCUT2D eigenvalue weighted by Gasteiger charge is -2.24. The Morgan fingerprint density at radius 2 is 1.59 bits per heavy atom. The summed E-state index contributed by atoms with van der Waals surface area (Å²) in [6, 6.07) is 26.8. The Morgan fingerprint density at radius 3 is 2.33 bits per heavy atom. The number of carbonyl (C=O) groups is 2. The van der Waals surface area contributed by atoms with Gasteiger partial charge in [-0.3, -0.25) is 4.79 Å². The van der Waals surface area contributed by atoms with E-state index in [4.69, 9.17) is 39.8 Å². The fourth-order valence-corrected chi connectivity index (χ4v) is 5.86. The van der Waals surface area contributed by atoms with Crippen LogP contribution < -0.4 is 5.32 Å². The van der Waals surface area contributed by atoms with E-state index in [2.05, 4.69) is 5.32 Å². The number of hydrogen-bond donors (Lipinski definition) is 3. The van der Waals surface area contributed by atoms with Gasteiger partial charge in [0, 0.05) is 10.4 Å². The summed E-state index contributed by atoms with van der Waals surface area (Å²) in [7, 11) is 0. The number of rotatable bonds is 10. The maximum absolute atomic E-state index is 13.6. The van der Waals surface area contributed by atoms with Gasteiger partial charge in [-0.15, -0.1) is 0 Å². The van der Waals surface area contributed by atoms with Gasteiger partial charge in [-0.2, -0.15) is 0 Å². The van der Waals surface area contributed by atoms with Gasteiger partial charge in [0.05, 0.1) is 44.0 Å². The summed E-state index contributed by atoms with van der Waals surface area (Å²) in [6.45, 7) is 3.47. The lowest BCUT2D eigenvalue weighted by molar-refractivity contribution is 0.0690. The number of pyridine rings is 1. The van der Waals surface area contributed by atoms with E-state index in [1.807, 2.05) is 91.0 Å². The van der Waals surface area contributed by atoms with E-state index in [1.54, 1.807) is 13.8 Å². The zero-order valence-electron chi connectivity index (χ0n) is 25.1. The van der Waals surface area contributed by atoms with Gasteiger partial charge in [0.25, 0.3) is 5.91 Å². The Morgan fingerprint density at radius 1 is 0.870 bits per heavy atom. The van der Waals surface area contributed by atoms with Crippen molar-refractivity contribution in [1.82, 2.24) is 10.3 Å². The Kier molecular flexibility index (Phi) is 10.1. The number of fused-ring (bicyclic) bond motifs is 1. The highest BCUT2D eigenvalue weighted by atomic mass is 35.5. The minimum absolute atomic E-state index is 0.0406. The van der Waals surface area contributed by atoms with Crippen molar-refractivity contribution >= 4 is 69.7 Å². The fraction of sp³-hybridized carbons (Fsp3) is 0.162. The Labute approximate surface area is 282 Å². The second-order valence-corrected chi connectivity index (χ2v) is 12.7. The molecule has 5 aromatic rings. The van der Waals surface area contributed by atoms with Crippen molar-refractivity contribution in [2.75, 3.05) is 0 Å². The molecular formula is C37H31Cl3N2O4. The van der Waals surface area contributed by atoms with Crippen LogP contribution in [0, 0.1) is 0 Å². The molecule has 1 aromatic heterocycles. The first-order valence-electron chi connectivity index (χ1n) is 14.6. The number of nitrogens with zero attached hydrogens (tertiary/aromatic N) is 1. The Balaban J connectivity index is 1.47. The molecule has 234 valence electrons. The quantitative estimate of drug-likeness (QED) is 0.137. The van der Waals surface area contributed by atoms with Gasteiger partial charge in [0.1, 0.15) is 0 Å². The van der Waals surface area contributed by atoms with Crippen LogP contribution in [0.4, 0.5) is 0 Å². The molecule has 0 bridgehead atoms. The van der Waals surface area contributed by atoms with Crippen molar-refractivity contribution in [3.8, 4) is 0 Å².